The van der Waals surface area contributed by atoms with E-state index < -0.39 is 0 Å². The molecule has 2 rings (SSSR count). The van der Waals surface area contributed by atoms with E-state index in [1.165, 1.54) is 0 Å². The zero-order valence-electron chi connectivity index (χ0n) is 9.34. The van der Waals surface area contributed by atoms with Gasteiger partial charge in [0.2, 0.25) is 0 Å². The average molecular weight is 218 g/mol. The second-order valence-corrected chi connectivity index (χ2v) is 3.64. The normalized spacial score (nSPS) is 10.4. The lowest BCUT2D eigenvalue weighted by atomic mass is 10.4. The SMILES string of the molecule is Cn1cccc1C(=O)NCc1nccn1C. The molecule has 1 N–H and O–H groups in total. The van der Waals surface area contributed by atoms with Crippen LogP contribution < -0.4 is 5.32 Å². The number of nitrogens with zero attached hydrogens (tertiary/aromatic N) is 3. The van der Waals surface area contributed by atoms with Crippen LogP contribution in [-0.2, 0) is 20.6 Å². The van der Waals surface area contributed by atoms with Gasteiger partial charge in [-0.3, -0.25) is 4.79 Å². The molecule has 16 heavy (non-hydrogen) atoms. The molecule has 0 saturated heterocycles. The zero-order valence-corrected chi connectivity index (χ0v) is 9.34. The predicted molar refractivity (Wildman–Crippen MR) is 59.8 cm³/mol. The predicted octanol–water partition coefficient (Wildman–Crippen LogP) is 0.689. The van der Waals surface area contributed by atoms with Crippen molar-refractivity contribution in [1.82, 2.24) is 19.4 Å². The lowest BCUT2D eigenvalue weighted by Gasteiger charge is -2.05. The Balaban J connectivity index is 1.99. The smallest absolute Gasteiger partial charge is 0.268 e. The van der Waals surface area contributed by atoms with Gasteiger partial charge in [0.15, 0.2) is 0 Å². The molecule has 5 heteroatoms. The van der Waals surface area contributed by atoms with Crippen LogP contribution in [0.3, 0.4) is 0 Å². The van der Waals surface area contributed by atoms with E-state index in [9.17, 15) is 4.79 Å². The van der Waals surface area contributed by atoms with Crippen LogP contribution in [0.4, 0.5) is 0 Å². The number of hydrogen-bond acceptors (Lipinski definition) is 2. The zero-order chi connectivity index (χ0) is 11.5. The topological polar surface area (TPSA) is 51.9 Å². The van der Waals surface area contributed by atoms with Crippen LogP contribution in [0.1, 0.15) is 16.3 Å². The first-order chi connectivity index (χ1) is 7.68. The molecule has 0 aliphatic heterocycles. The number of aromatic nitrogens is 3. The van der Waals surface area contributed by atoms with Crippen LogP contribution in [0.15, 0.2) is 30.7 Å². The summed E-state index contributed by atoms with van der Waals surface area (Å²) in [5, 5.41) is 2.83. The quantitative estimate of drug-likeness (QED) is 0.824. The minimum atomic E-state index is -0.0875. The van der Waals surface area contributed by atoms with Crippen molar-refractivity contribution in [2.45, 2.75) is 6.54 Å². The van der Waals surface area contributed by atoms with Crippen molar-refractivity contribution in [3.8, 4) is 0 Å². The maximum atomic E-state index is 11.8. The number of nitrogens with one attached hydrogen (secondary N) is 1. The van der Waals surface area contributed by atoms with Crippen LogP contribution in [-0.4, -0.2) is 20.0 Å². The van der Waals surface area contributed by atoms with E-state index in [2.05, 4.69) is 10.3 Å². The Hall–Kier alpha value is -2.04. The van der Waals surface area contributed by atoms with Gasteiger partial charge in [0.25, 0.3) is 5.91 Å². The van der Waals surface area contributed by atoms with E-state index in [0.717, 1.165) is 5.82 Å². The standard InChI is InChI=1S/C11H14N4O/c1-14-6-3-4-9(14)11(16)13-8-10-12-5-7-15(10)2/h3-7H,8H2,1-2H3,(H,13,16). The van der Waals surface area contributed by atoms with Crippen molar-refractivity contribution in [3.05, 3.63) is 42.2 Å². The maximum Gasteiger partial charge on any atom is 0.268 e. The molecule has 0 unspecified atom stereocenters. The van der Waals surface area contributed by atoms with Crippen LogP contribution in [0.2, 0.25) is 0 Å². The van der Waals surface area contributed by atoms with Gasteiger partial charge in [0.05, 0.1) is 6.54 Å². The third kappa shape index (κ3) is 1.98. The molecular formula is C11H14N4O. The van der Waals surface area contributed by atoms with Crippen LogP contribution >= 0.6 is 0 Å². The Morgan fingerprint density at radius 1 is 1.38 bits per heavy atom. The number of carbonyl (C=O) groups is 1. The minimum Gasteiger partial charge on any atom is -0.347 e. The monoisotopic (exact) mass is 218 g/mol. The summed E-state index contributed by atoms with van der Waals surface area (Å²) in [6.07, 6.45) is 5.41. The van der Waals surface area contributed by atoms with Crippen LogP contribution in [0.5, 0.6) is 0 Å². The van der Waals surface area contributed by atoms with Gasteiger partial charge in [0.1, 0.15) is 11.5 Å². The first-order valence-electron chi connectivity index (χ1n) is 5.04. The van der Waals surface area contributed by atoms with Crippen molar-refractivity contribution in [2.24, 2.45) is 14.1 Å². The second kappa shape index (κ2) is 4.22. The fourth-order valence-electron chi connectivity index (χ4n) is 1.51. The highest BCUT2D eigenvalue weighted by Gasteiger charge is 2.08. The van der Waals surface area contributed by atoms with E-state index >= 15 is 0 Å². The second-order valence-electron chi connectivity index (χ2n) is 3.64. The molecule has 0 spiro atoms. The van der Waals surface area contributed by atoms with Crippen molar-refractivity contribution < 1.29 is 4.79 Å². The lowest BCUT2D eigenvalue weighted by Crippen LogP contribution is -2.26. The van der Waals surface area contributed by atoms with E-state index in [0.29, 0.717) is 12.2 Å². The molecule has 0 fully saturated rings. The van der Waals surface area contributed by atoms with Gasteiger partial charge in [0, 0.05) is 32.7 Å². The van der Waals surface area contributed by atoms with Crippen LogP contribution in [0, 0.1) is 0 Å². The van der Waals surface area contributed by atoms with Crippen molar-refractivity contribution in [1.29, 1.82) is 0 Å². The van der Waals surface area contributed by atoms with Gasteiger partial charge in [-0.2, -0.15) is 0 Å². The Bertz CT molecular complexity index is 498. The molecule has 0 bridgehead atoms. The number of aryl methyl sites for hydroxylation is 2. The summed E-state index contributed by atoms with van der Waals surface area (Å²) in [5.74, 6) is 0.748. The summed E-state index contributed by atoms with van der Waals surface area (Å²) < 4.78 is 3.67. The summed E-state index contributed by atoms with van der Waals surface area (Å²) >= 11 is 0. The molecule has 0 atom stereocenters. The molecule has 0 aliphatic rings. The lowest BCUT2D eigenvalue weighted by molar-refractivity contribution is 0.0941. The number of carbonyl (C=O) groups excluding carboxylic acids is 1. The summed E-state index contributed by atoms with van der Waals surface area (Å²) in [6.45, 7) is 0.438. The third-order valence-corrected chi connectivity index (χ3v) is 2.50. The summed E-state index contributed by atoms with van der Waals surface area (Å²) in [6, 6.07) is 3.63. The highest BCUT2D eigenvalue weighted by Crippen LogP contribution is 2.00. The molecule has 1 amide bonds. The van der Waals surface area contributed by atoms with Gasteiger partial charge in [-0.1, -0.05) is 0 Å². The molecule has 5 nitrogen and oxygen atoms in total. The molecule has 2 aromatic rings. The molecule has 0 radical (unpaired) electrons. The molecule has 0 aromatic carbocycles. The third-order valence-electron chi connectivity index (χ3n) is 2.50. The van der Waals surface area contributed by atoms with Gasteiger partial charge >= 0.3 is 0 Å². The maximum absolute atomic E-state index is 11.8. The first kappa shape index (κ1) is 10.5. The number of amides is 1. The molecule has 2 aromatic heterocycles. The van der Waals surface area contributed by atoms with Crippen LogP contribution in [0.25, 0.3) is 0 Å². The molecule has 0 saturated carbocycles. The van der Waals surface area contributed by atoms with Gasteiger partial charge < -0.3 is 14.5 Å². The fourth-order valence-corrected chi connectivity index (χ4v) is 1.51. The average Bonchev–Trinajstić information content (AvgIpc) is 2.84. The number of imidazole rings is 1. The van der Waals surface area contributed by atoms with Crippen molar-refractivity contribution >= 4 is 5.91 Å². The molecule has 0 aliphatic carbocycles. The van der Waals surface area contributed by atoms with Crippen molar-refractivity contribution in [3.63, 3.8) is 0 Å². The molecule has 2 heterocycles. The van der Waals surface area contributed by atoms with E-state index in [-0.39, 0.29) is 5.91 Å². The highest BCUT2D eigenvalue weighted by molar-refractivity contribution is 5.92. The number of rotatable bonds is 3. The fraction of sp³-hybridized carbons (Fsp3) is 0.273. The Kier molecular flexibility index (Phi) is 2.76. The van der Waals surface area contributed by atoms with E-state index in [4.69, 9.17) is 0 Å². The number of hydrogen-bond donors (Lipinski definition) is 1. The Morgan fingerprint density at radius 2 is 2.19 bits per heavy atom. The van der Waals surface area contributed by atoms with Gasteiger partial charge in [-0.05, 0) is 12.1 Å². The largest absolute Gasteiger partial charge is 0.347 e. The van der Waals surface area contributed by atoms with Gasteiger partial charge in [-0.15, -0.1) is 0 Å². The van der Waals surface area contributed by atoms with Crippen molar-refractivity contribution in [2.75, 3.05) is 0 Å². The van der Waals surface area contributed by atoms with Gasteiger partial charge in [-0.25, -0.2) is 4.98 Å². The Morgan fingerprint density at radius 3 is 2.75 bits per heavy atom. The molecular weight excluding hydrogens is 204 g/mol. The van der Waals surface area contributed by atoms with E-state index in [1.807, 2.05) is 37.1 Å². The van der Waals surface area contributed by atoms with E-state index in [1.54, 1.807) is 16.8 Å². The first-order valence-corrected chi connectivity index (χ1v) is 5.04. The summed E-state index contributed by atoms with van der Waals surface area (Å²) in [5.41, 5.74) is 0.647. The molecule has 84 valence electrons. The summed E-state index contributed by atoms with van der Waals surface area (Å²) in [7, 11) is 3.74. The summed E-state index contributed by atoms with van der Waals surface area (Å²) in [4.78, 5) is 15.9. The Labute approximate surface area is 93.7 Å². The highest BCUT2D eigenvalue weighted by atomic mass is 16.1. The minimum absolute atomic E-state index is 0.0875.